The van der Waals surface area contributed by atoms with Gasteiger partial charge < -0.3 is 10.6 Å². The Bertz CT molecular complexity index is 612. The smallest absolute Gasteiger partial charge is 0.319 e. The van der Waals surface area contributed by atoms with Gasteiger partial charge in [-0.25, -0.2) is 13.6 Å². The van der Waals surface area contributed by atoms with E-state index in [1.807, 2.05) is 12.1 Å². The van der Waals surface area contributed by atoms with Gasteiger partial charge in [0.05, 0.1) is 0 Å². The van der Waals surface area contributed by atoms with Gasteiger partial charge in [0.2, 0.25) is 0 Å². The van der Waals surface area contributed by atoms with Crippen LogP contribution in [0.4, 0.5) is 19.3 Å². The first-order chi connectivity index (χ1) is 10.1. The number of rotatable bonds is 4. The largest absolute Gasteiger partial charge is 0.338 e. The Morgan fingerprint density at radius 2 is 1.67 bits per heavy atom. The summed E-state index contributed by atoms with van der Waals surface area (Å²) in [5.74, 6) is -1.63. The number of hydrogen-bond donors (Lipinski definition) is 2. The van der Waals surface area contributed by atoms with Gasteiger partial charge >= 0.3 is 6.03 Å². The normalized spacial score (nSPS) is 10.2. The Hall–Kier alpha value is -2.14. The Morgan fingerprint density at radius 3 is 2.29 bits per heavy atom. The Kier molecular flexibility index (Phi) is 5.11. The van der Waals surface area contributed by atoms with E-state index in [0.29, 0.717) is 18.0 Å². The number of nitrogens with one attached hydrogen (secondary N) is 2. The lowest BCUT2D eigenvalue weighted by Crippen LogP contribution is -2.31. The molecule has 21 heavy (non-hydrogen) atoms. The van der Waals surface area contributed by atoms with Crippen LogP contribution >= 0.6 is 11.6 Å². The van der Waals surface area contributed by atoms with Gasteiger partial charge in [-0.1, -0.05) is 29.8 Å². The third kappa shape index (κ3) is 4.43. The number of anilines is 1. The van der Waals surface area contributed by atoms with Crippen LogP contribution in [0.2, 0.25) is 5.02 Å². The molecular weight excluding hydrogens is 298 g/mol. The zero-order valence-corrected chi connectivity index (χ0v) is 11.8. The zero-order chi connectivity index (χ0) is 15.2. The molecule has 0 aliphatic carbocycles. The molecule has 0 fully saturated rings. The monoisotopic (exact) mass is 310 g/mol. The van der Waals surface area contributed by atoms with Crippen LogP contribution in [0.1, 0.15) is 5.56 Å². The summed E-state index contributed by atoms with van der Waals surface area (Å²) in [5.41, 5.74) is 0.540. The molecule has 2 aromatic carbocycles. The second-order valence-electron chi connectivity index (χ2n) is 4.35. The maximum absolute atomic E-state index is 13.3. The van der Waals surface area contributed by atoms with Crippen LogP contribution in [0, 0.1) is 11.6 Å². The van der Waals surface area contributed by atoms with Crippen molar-refractivity contribution < 1.29 is 13.6 Å². The first-order valence-electron chi connectivity index (χ1n) is 6.29. The SMILES string of the molecule is O=C(NCCc1ccc(Cl)cc1)Nc1c(F)cccc1F. The van der Waals surface area contributed by atoms with E-state index >= 15 is 0 Å². The minimum atomic E-state index is -0.817. The average molecular weight is 311 g/mol. The molecule has 2 aromatic rings. The molecule has 0 atom stereocenters. The summed E-state index contributed by atoms with van der Waals surface area (Å²) < 4.78 is 26.7. The minimum Gasteiger partial charge on any atom is -0.338 e. The molecular formula is C15H13ClF2N2O. The van der Waals surface area contributed by atoms with Crippen LogP contribution in [0.3, 0.4) is 0 Å². The number of para-hydroxylation sites is 1. The van der Waals surface area contributed by atoms with Crippen molar-refractivity contribution in [3.63, 3.8) is 0 Å². The molecule has 0 aromatic heterocycles. The maximum atomic E-state index is 13.3. The highest BCUT2D eigenvalue weighted by Gasteiger charge is 2.11. The van der Waals surface area contributed by atoms with Gasteiger partial charge in [-0.2, -0.15) is 0 Å². The van der Waals surface area contributed by atoms with Crippen molar-refractivity contribution >= 4 is 23.3 Å². The lowest BCUT2D eigenvalue weighted by Gasteiger charge is -2.09. The number of benzene rings is 2. The van der Waals surface area contributed by atoms with Crippen LogP contribution in [0.5, 0.6) is 0 Å². The van der Waals surface area contributed by atoms with Gasteiger partial charge in [0.1, 0.15) is 17.3 Å². The number of carbonyl (C=O) groups is 1. The first-order valence-corrected chi connectivity index (χ1v) is 6.67. The van der Waals surface area contributed by atoms with Crippen LogP contribution in [0.25, 0.3) is 0 Å². The lowest BCUT2D eigenvalue weighted by molar-refractivity contribution is 0.252. The molecule has 0 saturated heterocycles. The topological polar surface area (TPSA) is 41.1 Å². The van der Waals surface area contributed by atoms with Gasteiger partial charge in [-0.3, -0.25) is 0 Å². The van der Waals surface area contributed by atoms with E-state index < -0.39 is 23.4 Å². The molecule has 0 radical (unpaired) electrons. The molecule has 110 valence electrons. The quantitative estimate of drug-likeness (QED) is 0.881. The number of amides is 2. The highest BCUT2D eigenvalue weighted by molar-refractivity contribution is 6.30. The van der Waals surface area contributed by atoms with Crippen molar-refractivity contribution in [2.24, 2.45) is 0 Å². The van der Waals surface area contributed by atoms with E-state index in [9.17, 15) is 13.6 Å². The molecule has 0 bridgehead atoms. The fourth-order valence-electron chi connectivity index (χ4n) is 1.75. The van der Waals surface area contributed by atoms with Crippen LogP contribution in [-0.2, 0) is 6.42 Å². The fourth-order valence-corrected chi connectivity index (χ4v) is 1.87. The zero-order valence-electron chi connectivity index (χ0n) is 11.0. The number of carbonyl (C=O) groups excluding carboxylic acids is 1. The summed E-state index contributed by atoms with van der Waals surface area (Å²) in [7, 11) is 0. The number of halogens is 3. The molecule has 2 amide bonds. The molecule has 0 saturated carbocycles. The van der Waals surface area contributed by atoms with Crippen LogP contribution in [-0.4, -0.2) is 12.6 Å². The third-order valence-corrected chi connectivity index (χ3v) is 3.07. The molecule has 0 aliphatic heterocycles. The predicted molar refractivity (Wildman–Crippen MR) is 78.5 cm³/mol. The van der Waals surface area contributed by atoms with E-state index in [1.54, 1.807) is 12.1 Å². The van der Waals surface area contributed by atoms with E-state index in [2.05, 4.69) is 10.6 Å². The fraction of sp³-hybridized carbons (Fsp3) is 0.133. The standard InChI is InChI=1S/C15H13ClF2N2O/c16-11-6-4-10(5-7-11)8-9-19-15(21)20-14-12(17)2-1-3-13(14)18/h1-7H,8-9H2,(H2,19,20,21). The predicted octanol–water partition coefficient (Wildman–Crippen LogP) is 3.98. The summed E-state index contributed by atoms with van der Waals surface area (Å²) in [6, 6.07) is 9.93. The van der Waals surface area contributed by atoms with Gasteiger partial charge in [-0.15, -0.1) is 0 Å². The molecule has 0 unspecified atom stereocenters. The molecule has 0 spiro atoms. The lowest BCUT2D eigenvalue weighted by atomic mass is 10.1. The maximum Gasteiger partial charge on any atom is 0.319 e. The van der Waals surface area contributed by atoms with Gasteiger partial charge in [0.25, 0.3) is 0 Å². The van der Waals surface area contributed by atoms with Gasteiger partial charge in [0.15, 0.2) is 0 Å². The Morgan fingerprint density at radius 1 is 1.05 bits per heavy atom. The average Bonchev–Trinajstić information content (AvgIpc) is 2.45. The van der Waals surface area contributed by atoms with Crippen molar-refractivity contribution in [1.82, 2.24) is 5.32 Å². The van der Waals surface area contributed by atoms with E-state index in [-0.39, 0.29) is 0 Å². The Balaban J connectivity index is 1.84. The molecule has 2 N–H and O–H groups in total. The third-order valence-electron chi connectivity index (χ3n) is 2.81. The minimum absolute atomic E-state index is 0.337. The van der Waals surface area contributed by atoms with E-state index in [1.165, 1.54) is 6.07 Å². The van der Waals surface area contributed by atoms with Crippen molar-refractivity contribution in [3.05, 3.63) is 64.7 Å². The van der Waals surface area contributed by atoms with Crippen molar-refractivity contribution in [1.29, 1.82) is 0 Å². The summed E-state index contributed by atoms with van der Waals surface area (Å²) in [6.07, 6.45) is 0.588. The highest BCUT2D eigenvalue weighted by atomic mass is 35.5. The van der Waals surface area contributed by atoms with Crippen molar-refractivity contribution in [2.45, 2.75) is 6.42 Å². The Labute approximate surface area is 125 Å². The summed E-state index contributed by atoms with van der Waals surface area (Å²) in [6.45, 7) is 0.337. The molecule has 6 heteroatoms. The van der Waals surface area contributed by atoms with E-state index in [4.69, 9.17) is 11.6 Å². The summed E-state index contributed by atoms with van der Waals surface area (Å²) in [4.78, 5) is 11.6. The highest BCUT2D eigenvalue weighted by Crippen LogP contribution is 2.17. The van der Waals surface area contributed by atoms with Gasteiger partial charge in [0, 0.05) is 11.6 Å². The van der Waals surface area contributed by atoms with E-state index in [0.717, 1.165) is 17.7 Å². The molecule has 2 rings (SSSR count). The summed E-state index contributed by atoms with van der Waals surface area (Å²) in [5, 5.41) is 5.32. The second-order valence-corrected chi connectivity index (χ2v) is 4.79. The van der Waals surface area contributed by atoms with Crippen LogP contribution < -0.4 is 10.6 Å². The van der Waals surface area contributed by atoms with Gasteiger partial charge in [-0.05, 0) is 36.2 Å². The number of hydrogen-bond acceptors (Lipinski definition) is 1. The van der Waals surface area contributed by atoms with Crippen molar-refractivity contribution in [2.75, 3.05) is 11.9 Å². The summed E-state index contributed by atoms with van der Waals surface area (Å²) >= 11 is 5.77. The van der Waals surface area contributed by atoms with Crippen molar-refractivity contribution in [3.8, 4) is 0 Å². The molecule has 0 aliphatic rings. The second kappa shape index (κ2) is 7.04. The number of urea groups is 1. The van der Waals surface area contributed by atoms with Crippen LogP contribution in [0.15, 0.2) is 42.5 Å². The molecule has 0 heterocycles. The molecule has 3 nitrogen and oxygen atoms in total. The first kappa shape index (κ1) is 15.3.